The highest BCUT2D eigenvalue weighted by atomic mass is 16.5. The van der Waals surface area contributed by atoms with Crippen molar-refractivity contribution in [2.24, 2.45) is 0 Å². The molecule has 0 heterocycles. The van der Waals surface area contributed by atoms with Crippen molar-refractivity contribution in [2.45, 2.75) is 20.8 Å². The maximum absolute atomic E-state index is 10.5. The molecule has 108 valence electrons. The lowest BCUT2D eigenvalue weighted by atomic mass is 10.1. The van der Waals surface area contributed by atoms with E-state index in [0.717, 1.165) is 34.3 Å². The number of benzene rings is 2. The van der Waals surface area contributed by atoms with E-state index < -0.39 is 5.97 Å². The minimum Gasteiger partial charge on any atom is -0.478 e. The molecule has 3 heteroatoms. The van der Waals surface area contributed by atoms with Gasteiger partial charge >= 0.3 is 5.97 Å². The highest BCUT2D eigenvalue weighted by Gasteiger charge is 2.05. The Kier molecular flexibility index (Phi) is 4.43. The number of aryl methyl sites for hydroxylation is 2. The zero-order chi connectivity index (χ0) is 15.4. The van der Waals surface area contributed by atoms with Crippen molar-refractivity contribution in [3.63, 3.8) is 0 Å². The molecule has 0 unspecified atom stereocenters. The minimum absolute atomic E-state index is 0.732. The first kappa shape index (κ1) is 14.9. The van der Waals surface area contributed by atoms with Crippen LogP contribution in [0.25, 0.3) is 6.08 Å². The number of carboxylic acid groups (broad SMARTS) is 1. The summed E-state index contributed by atoms with van der Waals surface area (Å²) in [6.07, 6.45) is 2.66. The van der Waals surface area contributed by atoms with E-state index in [0.29, 0.717) is 0 Å². The van der Waals surface area contributed by atoms with E-state index in [9.17, 15) is 4.79 Å². The molecule has 0 fully saturated rings. The number of aliphatic carboxylic acids is 1. The van der Waals surface area contributed by atoms with Gasteiger partial charge < -0.3 is 9.84 Å². The molecule has 0 radical (unpaired) electrons. The summed E-state index contributed by atoms with van der Waals surface area (Å²) in [7, 11) is 0. The van der Waals surface area contributed by atoms with E-state index in [1.54, 1.807) is 6.08 Å². The zero-order valence-corrected chi connectivity index (χ0v) is 12.4. The molecule has 1 N–H and O–H groups in total. The van der Waals surface area contributed by atoms with E-state index in [1.165, 1.54) is 5.56 Å². The van der Waals surface area contributed by atoms with Gasteiger partial charge in [0, 0.05) is 6.08 Å². The summed E-state index contributed by atoms with van der Waals surface area (Å²) in [4.78, 5) is 10.5. The Balaban J connectivity index is 2.19. The van der Waals surface area contributed by atoms with Gasteiger partial charge in [0.05, 0.1) is 0 Å². The third-order valence-electron chi connectivity index (χ3n) is 3.29. The lowest BCUT2D eigenvalue weighted by Gasteiger charge is -2.12. The van der Waals surface area contributed by atoms with E-state index in [4.69, 9.17) is 9.84 Å². The number of hydrogen-bond acceptors (Lipinski definition) is 2. The van der Waals surface area contributed by atoms with Crippen molar-refractivity contribution in [1.29, 1.82) is 0 Å². The van der Waals surface area contributed by atoms with Crippen molar-refractivity contribution < 1.29 is 14.6 Å². The van der Waals surface area contributed by atoms with Crippen molar-refractivity contribution in [3.8, 4) is 11.5 Å². The van der Waals surface area contributed by atoms with Crippen LogP contribution in [0.2, 0.25) is 0 Å². The summed E-state index contributed by atoms with van der Waals surface area (Å²) in [6.45, 7) is 6.14. The first-order valence-electron chi connectivity index (χ1n) is 6.72. The van der Waals surface area contributed by atoms with Crippen LogP contribution in [-0.2, 0) is 4.79 Å². The second kappa shape index (κ2) is 6.27. The maximum atomic E-state index is 10.5. The summed E-state index contributed by atoms with van der Waals surface area (Å²) in [5.74, 6) is 0.623. The van der Waals surface area contributed by atoms with Crippen LogP contribution in [0.5, 0.6) is 11.5 Å². The number of ether oxygens (including phenoxy) is 1. The molecule has 0 aromatic heterocycles. The summed E-state index contributed by atoms with van der Waals surface area (Å²) < 4.78 is 5.91. The number of hydrogen-bond donors (Lipinski definition) is 1. The van der Waals surface area contributed by atoms with E-state index in [-0.39, 0.29) is 0 Å². The molecule has 2 aromatic rings. The van der Waals surface area contributed by atoms with Crippen LogP contribution in [0.1, 0.15) is 22.3 Å². The average Bonchev–Trinajstić information content (AvgIpc) is 2.43. The predicted octanol–water partition coefficient (Wildman–Crippen LogP) is 4.50. The Bertz CT molecular complexity index is 682. The van der Waals surface area contributed by atoms with Crippen molar-refractivity contribution in [1.82, 2.24) is 0 Å². The second-order valence-electron chi connectivity index (χ2n) is 5.05. The van der Waals surface area contributed by atoms with Gasteiger partial charge in [-0.25, -0.2) is 4.79 Å². The predicted molar refractivity (Wildman–Crippen MR) is 83.8 cm³/mol. The van der Waals surface area contributed by atoms with Gasteiger partial charge in [0.15, 0.2) is 0 Å². The quantitative estimate of drug-likeness (QED) is 0.840. The third-order valence-corrected chi connectivity index (χ3v) is 3.29. The molecule has 0 atom stereocenters. The molecular weight excluding hydrogens is 264 g/mol. The highest BCUT2D eigenvalue weighted by molar-refractivity contribution is 5.85. The summed E-state index contributed by atoms with van der Waals surface area (Å²) in [6, 6.07) is 11.5. The topological polar surface area (TPSA) is 46.5 Å². The molecule has 3 nitrogen and oxygen atoms in total. The monoisotopic (exact) mass is 282 g/mol. The van der Waals surface area contributed by atoms with Gasteiger partial charge in [0.2, 0.25) is 0 Å². The largest absolute Gasteiger partial charge is 0.478 e. The molecule has 0 saturated heterocycles. The second-order valence-corrected chi connectivity index (χ2v) is 5.05. The fourth-order valence-corrected chi connectivity index (χ4v) is 2.05. The zero-order valence-electron chi connectivity index (χ0n) is 12.4. The molecule has 0 aliphatic carbocycles. The first-order chi connectivity index (χ1) is 9.95. The van der Waals surface area contributed by atoms with Crippen LogP contribution < -0.4 is 4.74 Å². The Morgan fingerprint density at radius 3 is 2.38 bits per heavy atom. The SMILES string of the molecule is Cc1cc(C)c(C)c(Oc2ccc(C=CC(=O)O)cc2)c1. The molecule has 0 amide bonds. The van der Waals surface area contributed by atoms with Crippen LogP contribution >= 0.6 is 0 Å². The Morgan fingerprint density at radius 1 is 1.10 bits per heavy atom. The Labute approximate surface area is 124 Å². The van der Waals surface area contributed by atoms with E-state index in [2.05, 4.69) is 13.0 Å². The first-order valence-corrected chi connectivity index (χ1v) is 6.72. The van der Waals surface area contributed by atoms with Crippen LogP contribution in [0.3, 0.4) is 0 Å². The number of rotatable bonds is 4. The van der Waals surface area contributed by atoms with Crippen LogP contribution in [0.15, 0.2) is 42.5 Å². The fourth-order valence-electron chi connectivity index (χ4n) is 2.05. The number of carbonyl (C=O) groups is 1. The van der Waals surface area contributed by atoms with Crippen molar-refractivity contribution >= 4 is 12.0 Å². The van der Waals surface area contributed by atoms with Gasteiger partial charge in [-0.15, -0.1) is 0 Å². The summed E-state index contributed by atoms with van der Waals surface area (Å²) >= 11 is 0. The lowest BCUT2D eigenvalue weighted by molar-refractivity contribution is -0.131. The Hall–Kier alpha value is -2.55. The third kappa shape index (κ3) is 3.96. The van der Waals surface area contributed by atoms with Gasteiger partial charge in [-0.2, -0.15) is 0 Å². The summed E-state index contributed by atoms with van der Waals surface area (Å²) in [5, 5.41) is 8.60. The van der Waals surface area contributed by atoms with E-state index in [1.807, 2.05) is 44.2 Å². The van der Waals surface area contributed by atoms with Crippen LogP contribution in [-0.4, -0.2) is 11.1 Å². The van der Waals surface area contributed by atoms with Gasteiger partial charge in [-0.1, -0.05) is 18.2 Å². The molecule has 0 aliphatic heterocycles. The van der Waals surface area contributed by atoms with Gasteiger partial charge in [-0.3, -0.25) is 0 Å². The Morgan fingerprint density at radius 2 is 1.76 bits per heavy atom. The molecule has 0 spiro atoms. The molecular formula is C18H18O3. The standard InChI is InChI=1S/C18H18O3/c1-12-10-13(2)14(3)17(11-12)21-16-7-4-15(5-8-16)6-9-18(19)20/h4-11H,1-3H3,(H,19,20). The van der Waals surface area contributed by atoms with Gasteiger partial charge in [0.25, 0.3) is 0 Å². The molecule has 0 saturated carbocycles. The van der Waals surface area contributed by atoms with Crippen LogP contribution in [0, 0.1) is 20.8 Å². The summed E-state index contributed by atoms with van der Waals surface area (Å²) in [5.41, 5.74) is 4.30. The smallest absolute Gasteiger partial charge is 0.328 e. The molecule has 0 aliphatic rings. The average molecular weight is 282 g/mol. The molecule has 2 aromatic carbocycles. The van der Waals surface area contributed by atoms with Gasteiger partial charge in [0.1, 0.15) is 11.5 Å². The molecule has 21 heavy (non-hydrogen) atoms. The van der Waals surface area contributed by atoms with Gasteiger partial charge in [-0.05, 0) is 67.3 Å². The van der Waals surface area contributed by atoms with Crippen molar-refractivity contribution in [2.75, 3.05) is 0 Å². The molecule has 0 bridgehead atoms. The van der Waals surface area contributed by atoms with E-state index >= 15 is 0 Å². The fraction of sp³-hybridized carbons (Fsp3) is 0.167. The lowest BCUT2D eigenvalue weighted by Crippen LogP contribution is -1.92. The maximum Gasteiger partial charge on any atom is 0.328 e. The normalized spacial score (nSPS) is 10.8. The molecule has 2 rings (SSSR count). The minimum atomic E-state index is -0.957. The van der Waals surface area contributed by atoms with Crippen LogP contribution in [0.4, 0.5) is 0 Å². The highest BCUT2D eigenvalue weighted by Crippen LogP contribution is 2.28. The number of carboxylic acids is 1. The van der Waals surface area contributed by atoms with Crippen molar-refractivity contribution in [3.05, 3.63) is 64.7 Å².